The summed E-state index contributed by atoms with van der Waals surface area (Å²) in [5, 5.41) is 8.56. The molecule has 0 bridgehead atoms. The Morgan fingerprint density at radius 3 is 2.41 bits per heavy atom. The van der Waals surface area contributed by atoms with Gasteiger partial charge in [-0.3, -0.25) is 4.79 Å². The number of likely N-dealkylation sites (tertiary alicyclic amines) is 1. The zero-order chi connectivity index (χ0) is 26.7. The van der Waals surface area contributed by atoms with Crippen LogP contribution in [0, 0.1) is 10.7 Å². The highest BCUT2D eigenvalue weighted by atomic mass is 35.5. The summed E-state index contributed by atoms with van der Waals surface area (Å²) in [6, 6.07) is 14.0. The zero-order valence-electron chi connectivity index (χ0n) is 19.5. The summed E-state index contributed by atoms with van der Waals surface area (Å²) >= 11 is 5.86. The molecule has 2 N–H and O–H groups in total. The van der Waals surface area contributed by atoms with Crippen LogP contribution in [0.1, 0.15) is 6.42 Å². The molecule has 1 saturated heterocycles. The molecule has 3 aromatic rings. The average Bonchev–Trinajstić information content (AvgIpc) is 3.31. The van der Waals surface area contributed by atoms with Crippen molar-refractivity contribution in [3.05, 3.63) is 82.5 Å². The first-order valence-electron chi connectivity index (χ1n) is 11.1. The lowest BCUT2D eigenvalue weighted by molar-refractivity contribution is -0.119. The second-order valence-corrected chi connectivity index (χ2v) is 11.0. The Hall–Kier alpha value is -3.83. The van der Waals surface area contributed by atoms with Crippen molar-refractivity contribution in [3.63, 3.8) is 0 Å². The number of nitroso groups, excluding NO2 is 1. The summed E-state index contributed by atoms with van der Waals surface area (Å²) in [7, 11) is -3.56. The number of nitrogens with one attached hydrogen (secondary N) is 2. The predicted molar refractivity (Wildman–Crippen MR) is 139 cm³/mol. The Labute approximate surface area is 217 Å². The van der Waals surface area contributed by atoms with E-state index in [2.05, 4.69) is 15.8 Å². The van der Waals surface area contributed by atoms with E-state index in [0.29, 0.717) is 21.8 Å². The molecule has 0 radical (unpaired) electrons. The lowest BCUT2D eigenvalue weighted by atomic mass is 10.0. The Bertz CT molecular complexity index is 1470. The highest BCUT2D eigenvalue weighted by Crippen LogP contribution is 2.30. The molecular weight excluding hydrogens is 523 g/mol. The van der Waals surface area contributed by atoms with Crippen LogP contribution in [-0.4, -0.2) is 50.1 Å². The van der Waals surface area contributed by atoms with E-state index < -0.39 is 39.7 Å². The lowest BCUT2D eigenvalue weighted by Gasteiger charge is -2.24. The van der Waals surface area contributed by atoms with Crippen molar-refractivity contribution in [1.29, 1.82) is 0 Å². The molecule has 1 fully saturated rings. The second-order valence-electron chi connectivity index (χ2n) is 8.55. The number of halogens is 2. The number of hydrogen-bond donors (Lipinski definition) is 2. The highest BCUT2D eigenvalue weighted by Gasteiger charge is 2.40. The highest BCUT2D eigenvalue weighted by molar-refractivity contribution is 7.90. The number of urea groups is 1. The SMILES string of the molecule is CS(=O)(=O)c1ccccc1-c1ccc(NC(=O)[C@H]2CC(N=O)CN2C(=O)Nc2ccc(Cl)cc2)c(F)c1. The summed E-state index contributed by atoms with van der Waals surface area (Å²) in [6.07, 6.45) is 1.04. The van der Waals surface area contributed by atoms with Gasteiger partial charge in [0.25, 0.3) is 0 Å². The van der Waals surface area contributed by atoms with Gasteiger partial charge in [-0.25, -0.2) is 17.6 Å². The van der Waals surface area contributed by atoms with Crippen LogP contribution in [0.15, 0.2) is 76.8 Å². The maximum atomic E-state index is 15.0. The number of hydrogen-bond acceptors (Lipinski definition) is 6. The Morgan fingerprint density at radius 2 is 1.76 bits per heavy atom. The average molecular weight is 545 g/mol. The molecule has 2 atom stereocenters. The van der Waals surface area contributed by atoms with Gasteiger partial charge in [0.2, 0.25) is 5.91 Å². The molecular formula is C25H22ClFN4O5S. The first-order chi connectivity index (χ1) is 17.6. The molecule has 37 heavy (non-hydrogen) atoms. The smallest absolute Gasteiger partial charge is 0.322 e. The molecule has 1 heterocycles. The topological polar surface area (TPSA) is 125 Å². The van der Waals surface area contributed by atoms with Gasteiger partial charge >= 0.3 is 6.03 Å². The van der Waals surface area contributed by atoms with E-state index >= 15 is 0 Å². The number of benzene rings is 3. The first kappa shape index (κ1) is 26.2. The molecule has 3 aromatic carbocycles. The third kappa shape index (κ3) is 5.95. The summed E-state index contributed by atoms with van der Waals surface area (Å²) in [5.41, 5.74) is 0.910. The van der Waals surface area contributed by atoms with E-state index in [1.165, 1.54) is 23.1 Å². The van der Waals surface area contributed by atoms with Gasteiger partial charge in [0.15, 0.2) is 9.84 Å². The standard InChI is InChI=1S/C25H22ClFN4O5S/c1-37(35,36)23-5-3-2-4-19(23)15-6-11-21(20(27)12-15)29-24(32)22-13-18(30-34)14-31(22)25(33)28-17-9-7-16(26)8-10-17/h2-12,18,22H,13-14H2,1H3,(H,28,33)(H,29,32)/t18?,22-/m1/s1. The largest absolute Gasteiger partial charge is 0.322 e. The minimum Gasteiger partial charge on any atom is -0.322 e. The van der Waals surface area contributed by atoms with Crippen LogP contribution < -0.4 is 10.6 Å². The first-order valence-corrected chi connectivity index (χ1v) is 13.4. The molecule has 9 nitrogen and oxygen atoms in total. The molecule has 12 heteroatoms. The quantitative estimate of drug-likeness (QED) is 0.426. The van der Waals surface area contributed by atoms with E-state index in [0.717, 1.165) is 12.3 Å². The third-order valence-corrected chi connectivity index (χ3v) is 7.32. The fraction of sp³-hybridized carbons (Fsp3) is 0.200. The summed E-state index contributed by atoms with van der Waals surface area (Å²) in [5.74, 6) is -1.49. The van der Waals surface area contributed by atoms with Gasteiger partial charge in [0.05, 0.1) is 10.6 Å². The Balaban J connectivity index is 1.53. The molecule has 0 aromatic heterocycles. The molecule has 1 aliphatic heterocycles. The molecule has 0 spiro atoms. The Kier molecular flexibility index (Phi) is 7.55. The summed E-state index contributed by atoms with van der Waals surface area (Å²) in [4.78, 5) is 38.3. The van der Waals surface area contributed by atoms with Gasteiger partial charge in [-0.1, -0.05) is 41.0 Å². The van der Waals surface area contributed by atoms with Gasteiger partial charge in [0, 0.05) is 35.5 Å². The van der Waals surface area contributed by atoms with Crippen molar-refractivity contribution in [3.8, 4) is 11.1 Å². The third-order valence-electron chi connectivity index (χ3n) is 5.91. The normalized spacial score (nSPS) is 17.3. The van der Waals surface area contributed by atoms with Gasteiger partial charge in [-0.15, -0.1) is 0 Å². The zero-order valence-corrected chi connectivity index (χ0v) is 21.1. The number of rotatable bonds is 6. The fourth-order valence-corrected chi connectivity index (χ4v) is 5.16. The van der Waals surface area contributed by atoms with E-state index in [4.69, 9.17) is 11.6 Å². The van der Waals surface area contributed by atoms with E-state index in [-0.39, 0.29) is 23.5 Å². The maximum absolute atomic E-state index is 15.0. The minimum atomic E-state index is -3.56. The number of sulfone groups is 1. The van der Waals surface area contributed by atoms with Crippen LogP contribution in [0.4, 0.5) is 20.6 Å². The maximum Gasteiger partial charge on any atom is 0.322 e. The summed E-state index contributed by atoms with van der Waals surface area (Å²) in [6.45, 7) is -0.0787. The van der Waals surface area contributed by atoms with E-state index in [1.807, 2.05) is 0 Å². The van der Waals surface area contributed by atoms with Crippen molar-refractivity contribution in [1.82, 2.24) is 4.90 Å². The molecule has 192 valence electrons. The molecule has 1 unspecified atom stereocenters. The van der Waals surface area contributed by atoms with Crippen molar-refractivity contribution in [2.75, 3.05) is 23.4 Å². The van der Waals surface area contributed by atoms with Crippen molar-refractivity contribution in [2.24, 2.45) is 5.18 Å². The number of amides is 3. The van der Waals surface area contributed by atoms with Crippen LogP contribution in [0.3, 0.4) is 0 Å². The Morgan fingerprint density at radius 1 is 1.05 bits per heavy atom. The van der Waals surface area contributed by atoms with Crippen molar-refractivity contribution < 1.29 is 22.4 Å². The van der Waals surface area contributed by atoms with Gasteiger partial charge in [-0.05, 0) is 48.0 Å². The number of carbonyl (C=O) groups excluding carboxylic acids is 2. The van der Waals surface area contributed by atoms with Gasteiger partial charge < -0.3 is 15.5 Å². The second kappa shape index (κ2) is 10.7. The number of carbonyl (C=O) groups is 2. The van der Waals surface area contributed by atoms with Crippen LogP contribution >= 0.6 is 11.6 Å². The lowest BCUT2D eigenvalue weighted by Crippen LogP contribution is -2.45. The van der Waals surface area contributed by atoms with Gasteiger partial charge in [0.1, 0.15) is 17.9 Å². The number of nitrogens with zero attached hydrogens (tertiary/aromatic N) is 2. The monoisotopic (exact) mass is 544 g/mol. The molecule has 1 aliphatic rings. The van der Waals surface area contributed by atoms with E-state index in [9.17, 15) is 27.3 Å². The van der Waals surface area contributed by atoms with Crippen LogP contribution in [0.25, 0.3) is 11.1 Å². The van der Waals surface area contributed by atoms with Crippen LogP contribution in [0.5, 0.6) is 0 Å². The molecule has 3 amide bonds. The van der Waals surface area contributed by atoms with Gasteiger partial charge in [-0.2, -0.15) is 4.91 Å². The molecule has 0 aliphatic carbocycles. The molecule has 4 rings (SSSR count). The minimum absolute atomic E-state index is 0.0230. The number of anilines is 2. The fourth-order valence-electron chi connectivity index (χ4n) is 4.12. The summed E-state index contributed by atoms with van der Waals surface area (Å²) < 4.78 is 39.2. The van der Waals surface area contributed by atoms with E-state index in [1.54, 1.807) is 42.5 Å². The van der Waals surface area contributed by atoms with Crippen molar-refractivity contribution in [2.45, 2.75) is 23.4 Å². The van der Waals surface area contributed by atoms with Crippen LogP contribution in [-0.2, 0) is 14.6 Å². The van der Waals surface area contributed by atoms with Crippen LogP contribution in [0.2, 0.25) is 5.02 Å². The van der Waals surface area contributed by atoms with Crippen molar-refractivity contribution >= 4 is 44.8 Å². The predicted octanol–water partition coefficient (Wildman–Crippen LogP) is 4.93. The molecule has 0 saturated carbocycles.